The molecule has 0 aromatic heterocycles. The van der Waals surface area contributed by atoms with E-state index in [1.54, 1.807) is 6.08 Å². The van der Waals surface area contributed by atoms with Crippen molar-refractivity contribution in [3.8, 4) is 5.75 Å². The SMILES string of the molecule is CCCCCOc1ccc(/C=C/C(=O)N2CCNCC2)cc1. The van der Waals surface area contributed by atoms with Gasteiger partial charge >= 0.3 is 0 Å². The summed E-state index contributed by atoms with van der Waals surface area (Å²) in [5.41, 5.74) is 1.02. The number of benzene rings is 1. The molecule has 22 heavy (non-hydrogen) atoms. The zero-order chi connectivity index (χ0) is 15.6. The van der Waals surface area contributed by atoms with Crippen LogP contribution in [0.2, 0.25) is 0 Å². The normalized spacial score (nSPS) is 15.2. The van der Waals surface area contributed by atoms with E-state index in [2.05, 4.69) is 12.2 Å². The molecule has 1 aliphatic rings. The Morgan fingerprint density at radius 1 is 1.23 bits per heavy atom. The van der Waals surface area contributed by atoms with Gasteiger partial charge in [-0.1, -0.05) is 31.9 Å². The maximum Gasteiger partial charge on any atom is 0.246 e. The molecule has 0 atom stereocenters. The average Bonchev–Trinajstić information content (AvgIpc) is 2.58. The van der Waals surface area contributed by atoms with Crippen molar-refractivity contribution in [1.29, 1.82) is 0 Å². The molecule has 0 aliphatic carbocycles. The van der Waals surface area contributed by atoms with Crippen LogP contribution in [0.5, 0.6) is 5.75 Å². The van der Waals surface area contributed by atoms with Gasteiger partial charge in [-0.2, -0.15) is 0 Å². The van der Waals surface area contributed by atoms with E-state index in [-0.39, 0.29) is 5.91 Å². The van der Waals surface area contributed by atoms with Crippen LogP contribution in [0.3, 0.4) is 0 Å². The van der Waals surface area contributed by atoms with Gasteiger partial charge in [0.1, 0.15) is 5.75 Å². The third-order valence-electron chi connectivity index (χ3n) is 3.74. The molecular formula is C18H26N2O2. The Labute approximate surface area is 133 Å². The maximum atomic E-state index is 12.0. The van der Waals surface area contributed by atoms with Crippen molar-refractivity contribution in [2.75, 3.05) is 32.8 Å². The Balaban J connectivity index is 1.79. The van der Waals surface area contributed by atoms with Gasteiger partial charge in [0, 0.05) is 32.3 Å². The van der Waals surface area contributed by atoms with E-state index >= 15 is 0 Å². The Hall–Kier alpha value is -1.81. The second kappa shape index (κ2) is 9.26. The Morgan fingerprint density at radius 2 is 1.95 bits per heavy atom. The summed E-state index contributed by atoms with van der Waals surface area (Å²) in [6.07, 6.45) is 7.02. The van der Waals surface area contributed by atoms with E-state index in [9.17, 15) is 4.79 Å². The number of unbranched alkanes of at least 4 members (excludes halogenated alkanes) is 2. The van der Waals surface area contributed by atoms with Gasteiger partial charge in [-0.05, 0) is 30.2 Å². The summed E-state index contributed by atoms with van der Waals surface area (Å²) >= 11 is 0. The number of amides is 1. The second-order valence-electron chi connectivity index (χ2n) is 5.53. The molecule has 1 N–H and O–H groups in total. The topological polar surface area (TPSA) is 41.6 Å². The molecule has 1 saturated heterocycles. The van der Waals surface area contributed by atoms with Crippen molar-refractivity contribution < 1.29 is 9.53 Å². The third-order valence-corrected chi connectivity index (χ3v) is 3.74. The molecular weight excluding hydrogens is 276 g/mol. The number of hydrogen-bond acceptors (Lipinski definition) is 3. The van der Waals surface area contributed by atoms with E-state index < -0.39 is 0 Å². The van der Waals surface area contributed by atoms with E-state index in [1.165, 1.54) is 12.8 Å². The van der Waals surface area contributed by atoms with Gasteiger partial charge in [0.2, 0.25) is 5.91 Å². The minimum atomic E-state index is 0.0846. The molecule has 1 aliphatic heterocycles. The lowest BCUT2D eigenvalue weighted by molar-refractivity contribution is -0.126. The number of carbonyl (C=O) groups is 1. The average molecular weight is 302 g/mol. The number of nitrogens with zero attached hydrogens (tertiary/aromatic N) is 1. The van der Waals surface area contributed by atoms with Crippen molar-refractivity contribution >= 4 is 12.0 Å². The van der Waals surface area contributed by atoms with Crippen LogP contribution in [-0.4, -0.2) is 43.6 Å². The van der Waals surface area contributed by atoms with Crippen molar-refractivity contribution in [2.24, 2.45) is 0 Å². The van der Waals surface area contributed by atoms with Crippen LogP contribution >= 0.6 is 0 Å². The zero-order valence-electron chi connectivity index (χ0n) is 13.4. The number of rotatable bonds is 7. The number of piperazine rings is 1. The van der Waals surface area contributed by atoms with E-state index in [0.717, 1.165) is 50.5 Å². The summed E-state index contributed by atoms with van der Waals surface area (Å²) in [6.45, 7) is 6.28. The standard InChI is InChI=1S/C18H26N2O2/c1-2-3-4-15-22-17-8-5-16(6-9-17)7-10-18(21)20-13-11-19-12-14-20/h5-10,19H,2-4,11-15H2,1H3/b10-7+. The summed E-state index contributed by atoms with van der Waals surface area (Å²) in [6, 6.07) is 7.88. The van der Waals surface area contributed by atoms with Gasteiger partial charge in [-0.25, -0.2) is 0 Å². The van der Waals surface area contributed by atoms with E-state index in [4.69, 9.17) is 4.74 Å². The molecule has 0 saturated carbocycles. The zero-order valence-corrected chi connectivity index (χ0v) is 13.4. The molecule has 1 amide bonds. The first-order valence-corrected chi connectivity index (χ1v) is 8.20. The van der Waals surface area contributed by atoms with Crippen LogP contribution < -0.4 is 10.1 Å². The van der Waals surface area contributed by atoms with Crippen LogP contribution in [0.4, 0.5) is 0 Å². The molecule has 2 rings (SSSR count). The van der Waals surface area contributed by atoms with Crippen molar-refractivity contribution in [3.63, 3.8) is 0 Å². The molecule has 1 fully saturated rings. The van der Waals surface area contributed by atoms with Gasteiger partial charge in [-0.15, -0.1) is 0 Å². The molecule has 1 aromatic carbocycles. The molecule has 0 radical (unpaired) electrons. The van der Waals surface area contributed by atoms with Crippen LogP contribution in [0.15, 0.2) is 30.3 Å². The van der Waals surface area contributed by atoms with E-state index in [0.29, 0.717) is 0 Å². The molecule has 1 aromatic rings. The van der Waals surface area contributed by atoms with Crippen molar-refractivity contribution in [2.45, 2.75) is 26.2 Å². The predicted molar refractivity (Wildman–Crippen MR) is 89.9 cm³/mol. The van der Waals surface area contributed by atoms with Crippen LogP contribution in [0.1, 0.15) is 31.7 Å². The molecule has 0 unspecified atom stereocenters. The number of ether oxygens (including phenoxy) is 1. The minimum absolute atomic E-state index is 0.0846. The van der Waals surface area contributed by atoms with Crippen LogP contribution in [0.25, 0.3) is 6.08 Å². The Bertz CT molecular complexity index is 476. The first-order valence-electron chi connectivity index (χ1n) is 8.20. The highest BCUT2D eigenvalue weighted by Gasteiger charge is 2.12. The number of hydrogen-bond donors (Lipinski definition) is 1. The van der Waals surface area contributed by atoms with Gasteiger partial charge in [0.05, 0.1) is 6.61 Å². The van der Waals surface area contributed by atoms with Crippen molar-refractivity contribution in [3.05, 3.63) is 35.9 Å². The third kappa shape index (κ3) is 5.53. The van der Waals surface area contributed by atoms with Gasteiger partial charge in [-0.3, -0.25) is 4.79 Å². The monoisotopic (exact) mass is 302 g/mol. The first kappa shape index (κ1) is 16.6. The number of nitrogens with one attached hydrogen (secondary N) is 1. The first-order chi connectivity index (χ1) is 10.8. The molecule has 120 valence electrons. The lowest BCUT2D eigenvalue weighted by Gasteiger charge is -2.26. The molecule has 4 nitrogen and oxygen atoms in total. The van der Waals surface area contributed by atoms with Crippen LogP contribution in [0, 0.1) is 0 Å². The molecule has 0 spiro atoms. The lowest BCUT2D eigenvalue weighted by atomic mass is 10.2. The number of carbonyl (C=O) groups excluding carboxylic acids is 1. The van der Waals surface area contributed by atoms with E-state index in [1.807, 2.05) is 35.2 Å². The molecule has 4 heteroatoms. The molecule has 0 bridgehead atoms. The highest BCUT2D eigenvalue weighted by Crippen LogP contribution is 2.14. The summed E-state index contributed by atoms with van der Waals surface area (Å²) in [4.78, 5) is 13.9. The Morgan fingerprint density at radius 3 is 2.64 bits per heavy atom. The summed E-state index contributed by atoms with van der Waals surface area (Å²) in [7, 11) is 0. The minimum Gasteiger partial charge on any atom is -0.494 e. The quantitative estimate of drug-likeness (QED) is 0.622. The Kier molecular flexibility index (Phi) is 6.97. The van der Waals surface area contributed by atoms with Gasteiger partial charge in [0.15, 0.2) is 0 Å². The fourth-order valence-corrected chi connectivity index (χ4v) is 2.38. The smallest absolute Gasteiger partial charge is 0.246 e. The second-order valence-corrected chi connectivity index (χ2v) is 5.53. The highest BCUT2D eigenvalue weighted by atomic mass is 16.5. The predicted octanol–water partition coefficient (Wildman–Crippen LogP) is 2.70. The largest absolute Gasteiger partial charge is 0.494 e. The highest BCUT2D eigenvalue weighted by molar-refractivity contribution is 5.91. The summed E-state index contributed by atoms with van der Waals surface area (Å²) < 4.78 is 5.68. The van der Waals surface area contributed by atoms with Gasteiger partial charge < -0.3 is 15.0 Å². The van der Waals surface area contributed by atoms with Crippen molar-refractivity contribution in [1.82, 2.24) is 10.2 Å². The fraction of sp³-hybridized carbons (Fsp3) is 0.500. The lowest BCUT2D eigenvalue weighted by Crippen LogP contribution is -2.45. The summed E-state index contributed by atoms with van der Waals surface area (Å²) in [5, 5.41) is 3.24. The summed E-state index contributed by atoms with van der Waals surface area (Å²) in [5.74, 6) is 0.975. The molecule has 1 heterocycles. The maximum absolute atomic E-state index is 12.0. The van der Waals surface area contributed by atoms with Gasteiger partial charge in [0.25, 0.3) is 0 Å². The van der Waals surface area contributed by atoms with Crippen LogP contribution in [-0.2, 0) is 4.79 Å². The fourth-order valence-electron chi connectivity index (χ4n) is 2.38.